The molecule has 0 bridgehead atoms. The SMILES string of the molecule is COc1ccc(CN(C)[C@H](C)C(=O)c2c[nH]c3ccccc23)cc1. The number of aromatic nitrogens is 1. The monoisotopic (exact) mass is 322 g/mol. The van der Waals surface area contributed by atoms with E-state index in [0.717, 1.165) is 27.8 Å². The molecule has 4 heteroatoms. The number of fused-ring (bicyclic) bond motifs is 1. The minimum Gasteiger partial charge on any atom is -0.497 e. The van der Waals surface area contributed by atoms with Crippen LogP contribution in [0.5, 0.6) is 5.75 Å². The molecule has 2 aromatic carbocycles. The van der Waals surface area contributed by atoms with Gasteiger partial charge in [-0.1, -0.05) is 30.3 Å². The highest BCUT2D eigenvalue weighted by Gasteiger charge is 2.22. The normalized spacial score (nSPS) is 12.5. The maximum atomic E-state index is 12.9. The average Bonchev–Trinajstić information content (AvgIpc) is 3.05. The minimum absolute atomic E-state index is 0.128. The summed E-state index contributed by atoms with van der Waals surface area (Å²) >= 11 is 0. The molecule has 1 heterocycles. The molecule has 0 radical (unpaired) electrons. The van der Waals surface area contributed by atoms with Gasteiger partial charge in [-0.15, -0.1) is 0 Å². The summed E-state index contributed by atoms with van der Waals surface area (Å²) in [6.07, 6.45) is 1.81. The fourth-order valence-corrected chi connectivity index (χ4v) is 2.86. The summed E-state index contributed by atoms with van der Waals surface area (Å²) in [7, 11) is 3.63. The first-order chi connectivity index (χ1) is 11.6. The standard InChI is InChI=1S/C20H22N2O2/c1-14(22(2)13-15-8-10-16(24-3)11-9-15)20(23)18-12-21-19-7-5-4-6-17(18)19/h4-12,14,21H,13H2,1-3H3/t14-/m1/s1. The number of hydrogen-bond acceptors (Lipinski definition) is 3. The number of rotatable bonds is 6. The van der Waals surface area contributed by atoms with Crippen molar-refractivity contribution in [1.29, 1.82) is 0 Å². The lowest BCUT2D eigenvalue weighted by atomic mass is 10.0. The Bertz CT molecular complexity index is 836. The Balaban J connectivity index is 1.74. The van der Waals surface area contributed by atoms with Gasteiger partial charge in [-0.3, -0.25) is 9.69 Å². The Morgan fingerprint density at radius 3 is 2.58 bits per heavy atom. The van der Waals surface area contributed by atoms with E-state index in [-0.39, 0.29) is 11.8 Å². The largest absolute Gasteiger partial charge is 0.497 e. The highest BCUT2D eigenvalue weighted by molar-refractivity contribution is 6.10. The van der Waals surface area contributed by atoms with Gasteiger partial charge in [0, 0.05) is 29.2 Å². The zero-order valence-corrected chi connectivity index (χ0v) is 14.2. The summed E-state index contributed by atoms with van der Waals surface area (Å²) in [5.41, 5.74) is 2.89. The fraction of sp³-hybridized carbons (Fsp3) is 0.250. The second kappa shape index (κ2) is 6.89. The van der Waals surface area contributed by atoms with Crippen LogP contribution in [0.3, 0.4) is 0 Å². The lowest BCUT2D eigenvalue weighted by Crippen LogP contribution is -2.35. The average molecular weight is 322 g/mol. The van der Waals surface area contributed by atoms with Crippen molar-refractivity contribution in [3.05, 3.63) is 65.9 Å². The van der Waals surface area contributed by atoms with E-state index in [4.69, 9.17) is 4.74 Å². The number of carbonyl (C=O) groups excluding carboxylic acids is 1. The number of carbonyl (C=O) groups is 1. The van der Waals surface area contributed by atoms with Gasteiger partial charge in [0.25, 0.3) is 0 Å². The molecular formula is C20H22N2O2. The number of nitrogens with zero attached hydrogens (tertiary/aromatic N) is 1. The van der Waals surface area contributed by atoms with Crippen LogP contribution in [0.1, 0.15) is 22.8 Å². The Morgan fingerprint density at radius 1 is 1.17 bits per heavy atom. The molecule has 0 amide bonds. The number of Topliss-reactive ketones (excluding diaryl/α,β-unsaturated/α-hetero) is 1. The molecule has 3 aromatic rings. The zero-order valence-electron chi connectivity index (χ0n) is 14.2. The maximum absolute atomic E-state index is 12.9. The number of aromatic amines is 1. The number of ketones is 1. The third kappa shape index (κ3) is 3.19. The van der Waals surface area contributed by atoms with Crippen LogP contribution in [0.2, 0.25) is 0 Å². The predicted octanol–water partition coefficient (Wildman–Crippen LogP) is 3.88. The van der Waals surface area contributed by atoms with Crippen molar-refractivity contribution in [1.82, 2.24) is 9.88 Å². The second-order valence-corrected chi connectivity index (χ2v) is 6.05. The number of ether oxygens (including phenoxy) is 1. The van der Waals surface area contributed by atoms with Crippen LogP contribution in [-0.4, -0.2) is 35.9 Å². The third-order valence-corrected chi connectivity index (χ3v) is 4.49. The molecule has 124 valence electrons. The molecule has 24 heavy (non-hydrogen) atoms. The molecule has 0 aliphatic carbocycles. The lowest BCUT2D eigenvalue weighted by molar-refractivity contribution is 0.0864. The highest BCUT2D eigenvalue weighted by Crippen LogP contribution is 2.21. The van der Waals surface area contributed by atoms with Crippen molar-refractivity contribution in [3.63, 3.8) is 0 Å². The predicted molar refractivity (Wildman–Crippen MR) is 96.6 cm³/mol. The van der Waals surface area contributed by atoms with Gasteiger partial charge in [0.2, 0.25) is 0 Å². The van der Waals surface area contributed by atoms with Gasteiger partial charge in [0.05, 0.1) is 13.2 Å². The van der Waals surface area contributed by atoms with Crippen LogP contribution in [0.25, 0.3) is 10.9 Å². The van der Waals surface area contributed by atoms with Gasteiger partial charge in [-0.05, 0) is 37.7 Å². The molecule has 0 unspecified atom stereocenters. The van der Waals surface area contributed by atoms with E-state index in [0.29, 0.717) is 6.54 Å². The van der Waals surface area contributed by atoms with Crippen LogP contribution in [0.15, 0.2) is 54.7 Å². The molecule has 0 spiro atoms. The van der Waals surface area contributed by atoms with Crippen molar-refractivity contribution in [2.75, 3.05) is 14.2 Å². The lowest BCUT2D eigenvalue weighted by Gasteiger charge is -2.23. The summed E-state index contributed by atoms with van der Waals surface area (Å²) in [6.45, 7) is 2.66. The maximum Gasteiger partial charge on any atom is 0.181 e. The van der Waals surface area contributed by atoms with E-state index in [1.54, 1.807) is 7.11 Å². The van der Waals surface area contributed by atoms with Crippen LogP contribution < -0.4 is 4.74 Å². The molecule has 0 aliphatic heterocycles. The van der Waals surface area contributed by atoms with E-state index in [9.17, 15) is 4.79 Å². The number of likely N-dealkylation sites (N-methyl/N-ethyl adjacent to an activating group) is 1. The molecule has 0 saturated carbocycles. The number of para-hydroxylation sites is 1. The molecule has 3 rings (SSSR count). The quantitative estimate of drug-likeness (QED) is 0.701. The van der Waals surface area contributed by atoms with Gasteiger partial charge in [-0.25, -0.2) is 0 Å². The third-order valence-electron chi connectivity index (χ3n) is 4.49. The van der Waals surface area contributed by atoms with Crippen LogP contribution >= 0.6 is 0 Å². The highest BCUT2D eigenvalue weighted by atomic mass is 16.5. The van der Waals surface area contributed by atoms with Crippen LogP contribution in [0.4, 0.5) is 0 Å². The summed E-state index contributed by atoms with van der Waals surface area (Å²) in [5, 5.41) is 0.979. The smallest absolute Gasteiger partial charge is 0.181 e. The molecule has 4 nitrogen and oxygen atoms in total. The van der Waals surface area contributed by atoms with Crippen LogP contribution in [0, 0.1) is 0 Å². The van der Waals surface area contributed by atoms with Crippen molar-refractivity contribution >= 4 is 16.7 Å². The number of methoxy groups -OCH3 is 1. The second-order valence-electron chi connectivity index (χ2n) is 6.05. The van der Waals surface area contributed by atoms with Crippen molar-refractivity contribution in [2.24, 2.45) is 0 Å². The van der Waals surface area contributed by atoms with E-state index in [1.165, 1.54) is 0 Å². The fourth-order valence-electron chi connectivity index (χ4n) is 2.86. The Labute approximate surface area is 142 Å². The number of hydrogen-bond donors (Lipinski definition) is 1. The summed E-state index contributed by atoms with van der Waals surface area (Å²) in [4.78, 5) is 18.1. The molecule has 0 fully saturated rings. The summed E-state index contributed by atoms with van der Waals surface area (Å²) < 4.78 is 5.18. The van der Waals surface area contributed by atoms with Crippen molar-refractivity contribution in [2.45, 2.75) is 19.5 Å². The summed E-state index contributed by atoms with van der Waals surface area (Å²) in [5.74, 6) is 0.966. The van der Waals surface area contributed by atoms with E-state index in [1.807, 2.05) is 68.7 Å². The van der Waals surface area contributed by atoms with Gasteiger partial charge in [0.15, 0.2) is 5.78 Å². The first-order valence-corrected chi connectivity index (χ1v) is 8.03. The number of H-pyrrole nitrogens is 1. The molecule has 1 atom stereocenters. The van der Waals surface area contributed by atoms with Gasteiger partial charge in [0.1, 0.15) is 5.75 Å². The Morgan fingerprint density at radius 2 is 1.88 bits per heavy atom. The summed E-state index contributed by atoms with van der Waals surface area (Å²) in [6, 6.07) is 15.6. The Kier molecular flexibility index (Phi) is 4.67. The van der Waals surface area contributed by atoms with Gasteiger partial charge in [-0.2, -0.15) is 0 Å². The first-order valence-electron chi connectivity index (χ1n) is 8.03. The van der Waals surface area contributed by atoms with Crippen molar-refractivity contribution in [3.8, 4) is 5.75 Å². The van der Waals surface area contributed by atoms with E-state index in [2.05, 4.69) is 9.88 Å². The minimum atomic E-state index is -0.202. The first kappa shape index (κ1) is 16.3. The number of benzene rings is 2. The molecule has 1 aromatic heterocycles. The van der Waals surface area contributed by atoms with E-state index < -0.39 is 0 Å². The Hall–Kier alpha value is -2.59. The number of nitrogens with one attached hydrogen (secondary N) is 1. The van der Waals surface area contributed by atoms with Crippen molar-refractivity contribution < 1.29 is 9.53 Å². The van der Waals surface area contributed by atoms with Crippen LogP contribution in [-0.2, 0) is 6.54 Å². The van der Waals surface area contributed by atoms with E-state index >= 15 is 0 Å². The molecule has 0 saturated heterocycles. The molecule has 0 aliphatic rings. The molecular weight excluding hydrogens is 300 g/mol. The topological polar surface area (TPSA) is 45.3 Å². The molecule has 1 N–H and O–H groups in total. The zero-order chi connectivity index (χ0) is 17.1. The van der Waals surface area contributed by atoms with Gasteiger partial charge >= 0.3 is 0 Å². The van der Waals surface area contributed by atoms with Gasteiger partial charge < -0.3 is 9.72 Å².